The highest BCUT2D eigenvalue weighted by Crippen LogP contribution is 2.23. The number of benzene rings is 2. The molecule has 1 aliphatic heterocycles. The molecular weight excluding hydrogens is 437 g/mol. The minimum absolute atomic E-state index is 0.0168. The van der Waals surface area contributed by atoms with E-state index in [2.05, 4.69) is 15.7 Å². The zero-order chi connectivity index (χ0) is 23.4. The van der Waals surface area contributed by atoms with Crippen LogP contribution in [-0.4, -0.2) is 48.9 Å². The van der Waals surface area contributed by atoms with E-state index in [1.807, 2.05) is 5.01 Å². The molecule has 0 spiro atoms. The van der Waals surface area contributed by atoms with Gasteiger partial charge in [0.2, 0.25) is 0 Å². The molecule has 0 bridgehead atoms. The van der Waals surface area contributed by atoms with Crippen molar-refractivity contribution < 1.29 is 22.7 Å². The number of nitrogens with zero attached hydrogens (tertiary/aromatic N) is 4. The van der Waals surface area contributed by atoms with Gasteiger partial charge in [-0.3, -0.25) is 9.80 Å². The van der Waals surface area contributed by atoms with E-state index in [0.29, 0.717) is 5.69 Å². The Bertz CT molecular complexity index is 1170. The molecule has 1 atom stereocenters. The number of aliphatic hydroxyl groups is 1. The summed E-state index contributed by atoms with van der Waals surface area (Å²) in [6, 6.07) is 10.6. The fourth-order valence-corrected chi connectivity index (χ4v) is 4.68. The minimum atomic E-state index is -4.03. The topological polar surface area (TPSA) is 135 Å². The number of halogens is 1. The van der Waals surface area contributed by atoms with Crippen LogP contribution in [0.15, 0.2) is 57.7 Å². The van der Waals surface area contributed by atoms with E-state index in [-0.39, 0.29) is 16.1 Å². The van der Waals surface area contributed by atoms with E-state index < -0.39 is 32.9 Å². The van der Waals surface area contributed by atoms with Gasteiger partial charge >= 0.3 is 0 Å². The molecule has 0 aromatic heterocycles. The smallest absolute Gasteiger partial charge is 0.257 e. The van der Waals surface area contributed by atoms with Crippen molar-refractivity contribution in [2.45, 2.75) is 30.3 Å². The molecule has 32 heavy (non-hydrogen) atoms. The Labute approximate surface area is 185 Å². The van der Waals surface area contributed by atoms with Crippen LogP contribution in [0, 0.1) is 17.1 Å². The molecule has 168 valence electrons. The molecule has 1 aliphatic rings. The van der Waals surface area contributed by atoms with E-state index in [0.717, 1.165) is 38.9 Å². The maximum absolute atomic E-state index is 13.7. The second-order valence-electron chi connectivity index (χ2n) is 7.64. The van der Waals surface area contributed by atoms with Gasteiger partial charge < -0.3 is 10.4 Å². The first kappa shape index (κ1) is 23.3. The number of amides is 1. The van der Waals surface area contributed by atoms with Crippen LogP contribution in [0.3, 0.4) is 0 Å². The van der Waals surface area contributed by atoms with Gasteiger partial charge in [0, 0.05) is 18.8 Å². The third-order valence-electron chi connectivity index (χ3n) is 4.87. The van der Waals surface area contributed by atoms with Gasteiger partial charge in [-0.1, -0.05) is 5.22 Å². The number of nitrogens with one attached hydrogen (secondary N) is 1. The van der Waals surface area contributed by atoms with Gasteiger partial charge in [-0.05, 0) is 62.2 Å². The third-order valence-corrected chi connectivity index (χ3v) is 6.81. The summed E-state index contributed by atoms with van der Waals surface area (Å²) in [5.74, 6) is -2.76. The molecule has 1 amide bonds. The summed E-state index contributed by atoms with van der Waals surface area (Å²) < 4.78 is 39.2. The molecule has 2 N–H and O–H groups in total. The monoisotopic (exact) mass is 459 g/mol. The largest absolute Gasteiger partial charge is 0.379 e. The van der Waals surface area contributed by atoms with Crippen LogP contribution < -0.4 is 5.32 Å². The van der Waals surface area contributed by atoms with Crippen molar-refractivity contribution in [3.05, 3.63) is 53.8 Å². The fourth-order valence-electron chi connectivity index (χ4n) is 3.09. The van der Waals surface area contributed by atoms with E-state index >= 15 is 0 Å². The molecule has 0 radical (unpaired) electrons. The molecule has 2 aromatic carbocycles. The molecule has 0 aliphatic carbocycles. The van der Waals surface area contributed by atoms with Crippen LogP contribution in [0.25, 0.3) is 0 Å². The molecule has 0 saturated carbocycles. The van der Waals surface area contributed by atoms with Crippen LogP contribution in [0.5, 0.6) is 0 Å². The zero-order valence-electron chi connectivity index (χ0n) is 17.3. The Balaban J connectivity index is 1.67. The molecule has 3 rings (SSSR count). The second-order valence-corrected chi connectivity index (χ2v) is 9.63. The molecule has 2 aromatic rings. The number of hydrogen-bond donors (Lipinski definition) is 2. The van der Waals surface area contributed by atoms with E-state index in [9.17, 15) is 22.7 Å². The highest BCUT2D eigenvalue weighted by Gasteiger charge is 2.36. The lowest BCUT2D eigenvalue weighted by Gasteiger charge is -2.22. The Hall–Kier alpha value is -3.36. The molecule has 1 fully saturated rings. The van der Waals surface area contributed by atoms with E-state index in [4.69, 9.17) is 5.26 Å². The number of sulfone groups is 1. The predicted octanol–water partition coefficient (Wildman–Crippen LogP) is 2.96. The lowest BCUT2D eigenvalue weighted by molar-refractivity contribution is -0.130. The van der Waals surface area contributed by atoms with Gasteiger partial charge in [-0.15, -0.1) is 5.11 Å². The fraction of sp³-hybridized carbons (Fsp3) is 0.333. The summed E-state index contributed by atoms with van der Waals surface area (Å²) in [5.41, 5.74) is -2.04. The van der Waals surface area contributed by atoms with Crippen LogP contribution in [0.1, 0.15) is 25.3 Å². The first-order chi connectivity index (χ1) is 15.1. The van der Waals surface area contributed by atoms with Gasteiger partial charge in [-0.2, -0.15) is 5.26 Å². The van der Waals surface area contributed by atoms with Gasteiger partial charge in [0.1, 0.15) is 11.9 Å². The highest BCUT2D eigenvalue weighted by atomic mass is 32.2. The number of carbonyl (C=O) groups excluding carboxylic acids is 1. The molecule has 1 saturated heterocycles. The number of nitriles is 1. The lowest BCUT2D eigenvalue weighted by atomic mass is 10.1. The summed E-state index contributed by atoms with van der Waals surface area (Å²) in [5, 5.41) is 31.5. The Morgan fingerprint density at radius 3 is 2.50 bits per heavy atom. The van der Waals surface area contributed by atoms with Crippen molar-refractivity contribution in [3.63, 3.8) is 0 Å². The molecule has 1 heterocycles. The van der Waals surface area contributed by atoms with Gasteiger partial charge in [0.05, 0.1) is 21.9 Å². The van der Waals surface area contributed by atoms with Crippen LogP contribution in [0.4, 0.5) is 15.8 Å². The molecular formula is C21H22FN5O4S. The van der Waals surface area contributed by atoms with Gasteiger partial charge in [0.25, 0.3) is 5.91 Å². The van der Waals surface area contributed by atoms with Crippen molar-refractivity contribution >= 4 is 27.1 Å². The van der Waals surface area contributed by atoms with Crippen molar-refractivity contribution in [2.75, 3.05) is 24.2 Å². The average molecular weight is 460 g/mol. The maximum Gasteiger partial charge on any atom is 0.257 e. The Morgan fingerprint density at radius 2 is 1.91 bits per heavy atom. The molecule has 9 nitrogen and oxygen atoms in total. The maximum atomic E-state index is 13.7. The van der Waals surface area contributed by atoms with Crippen LogP contribution >= 0.6 is 0 Å². The number of hydrogen-bond acceptors (Lipinski definition) is 7. The quantitative estimate of drug-likeness (QED) is 0.611. The van der Waals surface area contributed by atoms with Crippen molar-refractivity contribution in [1.29, 1.82) is 5.26 Å². The van der Waals surface area contributed by atoms with Crippen LogP contribution in [0.2, 0.25) is 0 Å². The van der Waals surface area contributed by atoms with Crippen molar-refractivity contribution in [2.24, 2.45) is 10.3 Å². The number of rotatable bonds is 7. The van der Waals surface area contributed by atoms with E-state index in [1.165, 1.54) is 36.4 Å². The third kappa shape index (κ3) is 5.66. The van der Waals surface area contributed by atoms with Crippen LogP contribution in [-0.2, 0) is 14.6 Å². The summed E-state index contributed by atoms with van der Waals surface area (Å²) >= 11 is 0. The standard InChI is InChI=1S/C21H22FN5O4S/c1-21(29,20(28)24-17-5-4-15(13-23)19(22)12-17)14-32(30,31)18-8-6-16(7-9-18)25-26-27-10-2-3-11-27/h4-9,12,29H,2-3,10-11,14H2,1H3,(H,24,28)/t21-/m0/s1. The van der Waals surface area contributed by atoms with Crippen molar-refractivity contribution in [3.8, 4) is 6.07 Å². The lowest BCUT2D eigenvalue weighted by Crippen LogP contribution is -2.45. The summed E-state index contributed by atoms with van der Waals surface area (Å²) in [6.45, 7) is 2.73. The SMILES string of the molecule is C[C@](O)(CS(=O)(=O)c1ccc(N=NN2CCCC2)cc1)C(=O)Nc1ccc(C#N)c(F)c1. The minimum Gasteiger partial charge on any atom is -0.379 e. The van der Waals surface area contributed by atoms with Gasteiger partial charge in [0.15, 0.2) is 15.4 Å². The highest BCUT2D eigenvalue weighted by molar-refractivity contribution is 7.91. The first-order valence-electron chi connectivity index (χ1n) is 9.84. The normalized spacial score (nSPS) is 16.0. The zero-order valence-corrected chi connectivity index (χ0v) is 18.1. The number of anilines is 1. The Morgan fingerprint density at radius 1 is 1.25 bits per heavy atom. The summed E-state index contributed by atoms with van der Waals surface area (Å²) in [6.07, 6.45) is 2.12. The van der Waals surface area contributed by atoms with E-state index in [1.54, 1.807) is 6.07 Å². The predicted molar refractivity (Wildman–Crippen MR) is 114 cm³/mol. The second kappa shape index (κ2) is 9.42. The molecule has 0 unspecified atom stereocenters. The summed E-state index contributed by atoms with van der Waals surface area (Å²) in [4.78, 5) is 12.3. The number of carbonyl (C=O) groups is 1. The first-order valence-corrected chi connectivity index (χ1v) is 11.5. The van der Waals surface area contributed by atoms with Gasteiger partial charge in [-0.25, -0.2) is 12.8 Å². The Kier molecular flexibility index (Phi) is 6.86. The van der Waals surface area contributed by atoms with Crippen molar-refractivity contribution in [1.82, 2.24) is 5.01 Å². The summed E-state index contributed by atoms with van der Waals surface area (Å²) in [7, 11) is -4.03. The molecule has 11 heteroatoms. The average Bonchev–Trinajstić information content (AvgIpc) is 3.26.